The second-order valence-electron chi connectivity index (χ2n) is 11.0. The highest BCUT2D eigenvalue weighted by molar-refractivity contribution is 7.89. The molecule has 1 heterocycles. The molecule has 1 aromatic carbocycles. The Bertz CT molecular complexity index is 1060. The van der Waals surface area contributed by atoms with Gasteiger partial charge in [-0.15, -0.1) is 0 Å². The fourth-order valence-corrected chi connectivity index (χ4v) is 8.48. The number of rotatable bonds is 8. The van der Waals surface area contributed by atoms with E-state index in [-0.39, 0.29) is 23.2 Å². The van der Waals surface area contributed by atoms with Crippen LogP contribution in [0.25, 0.3) is 0 Å². The molecular formula is C25H32FNO5S. The number of hydrogen-bond acceptors (Lipinski definition) is 5. The van der Waals surface area contributed by atoms with Gasteiger partial charge in [0.15, 0.2) is 5.78 Å². The Labute approximate surface area is 194 Å². The number of ketones is 1. The Morgan fingerprint density at radius 1 is 1.15 bits per heavy atom. The molecule has 6 fully saturated rings. The van der Waals surface area contributed by atoms with Crippen LogP contribution < -0.4 is 4.74 Å². The van der Waals surface area contributed by atoms with Gasteiger partial charge in [-0.3, -0.25) is 4.79 Å². The topological polar surface area (TPSA) is 72.9 Å². The van der Waals surface area contributed by atoms with Crippen LogP contribution in [0.2, 0.25) is 0 Å². The molecule has 7 rings (SSSR count). The van der Waals surface area contributed by atoms with E-state index in [0.717, 1.165) is 56.9 Å². The van der Waals surface area contributed by atoms with Gasteiger partial charge >= 0.3 is 0 Å². The molecule has 2 atom stereocenters. The number of sulfonamides is 1. The van der Waals surface area contributed by atoms with Crippen molar-refractivity contribution in [2.75, 3.05) is 26.0 Å². The largest absolute Gasteiger partial charge is 0.489 e. The second kappa shape index (κ2) is 7.75. The van der Waals surface area contributed by atoms with Gasteiger partial charge < -0.3 is 9.47 Å². The Morgan fingerprint density at radius 2 is 1.85 bits per heavy atom. The molecule has 6 aliphatic rings. The predicted molar refractivity (Wildman–Crippen MR) is 120 cm³/mol. The monoisotopic (exact) mass is 477 g/mol. The van der Waals surface area contributed by atoms with Gasteiger partial charge in [-0.05, 0) is 86.7 Å². The second-order valence-corrected chi connectivity index (χ2v) is 13.0. The predicted octanol–water partition coefficient (Wildman–Crippen LogP) is 3.89. The number of methoxy groups -OCH3 is 1. The quantitative estimate of drug-likeness (QED) is 0.531. The minimum absolute atomic E-state index is 0.0147. The maximum absolute atomic E-state index is 15.1. The molecule has 1 saturated heterocycles. The molecule has 0 aromatic heterocycles. The Morgan fingerprint density at radius 3 is 2.42 bits per heavy atom. The van der Waals surface area contributed by atoms with Crippen LogP contribution in [0.1, 0.15) is 73.2 Å². The third-order valence-corrected chi connectivity index (χ3v) is 10.5. The van der Waals surface area contributed by atoms with Crippen LogP contribution in [0.5, 0.6) is 5.75 Å². The lowest BCUT2D eigenvalue weighted by Crippen LogP contribution is -2.59. The molecule has 0 spiro atoms. The third kappa shape index (κ3) is 3.82. The van der Waals surface area contributed by atoms with Crippen LogP contribution >= 0.6 is 0 Å². The highest BCUT2D eigenvalue weighted by Crippen LogP contribution is 2.58. The van der Waals surface area contributed by atoms with E-state index >= 15 is 4.39 Å². The van der Waals surface area contributed by atoms with E-state index in [1.165, 1.54) is 10.4 Å². The molecule has 1 aromatic rings. The molecule has 4 bridgehead atoms. The van der Waals surface area contributed by atoms with Gasteiger partial charge in [-0.1, -0.05) is 0 Å². The van der Waals surface area contributed by atoms with Crippen molar-refractivity contribution in [1.82, 2.24) is 4.31 Å². The molecule has 2 unspecified atom stereocenters. The first-order chi connectivity index (χ1) is 15.8. The number of hydrogen-bond donors (Lipinski definition) is 0. The summed E-state index contributed by atoms with van der Waals surface area (Å²) in [4.78, 5) is 12.8. The molecule has 33 heavy (non-hydrogen) atoms. The summed E-state index contributed by atoms with van der Waals surface area (Å²) in [6, 6.07) is 2.91. The average Bonchev–Trinajstić information content (AvgIpc) is 3.53. The smallest absolute Gasteiger partial charge is 0.221 e. The van der Waals surface area contributed by atoms with Crippen molar-refractivity contribution >= 4 is 15.8 Å². The first-order valence-electron chi connectivity index (χ1n) is 12.3. The van der Waals surface area contributed by atoms with Gasteiger partial charge in [0.05, 0.1) is 11.2 Å². The number of Topliss-reactive ketones (excluding diaryl/α,β-unsaturated/α-hetero) is 1. The highest BCUT2D eigenvalue weighted by Gasteiger charge is 2.57. The Balaban J connectivity index is 1.25. The van der Waals surface area contributed by atoms with Crippen LogP contribution in [0.3, 0.4) is 0 Å². The molecule has 180 valence electrons. The molecule has 5 saturated carbocycles. The minimum Gasteiger partial charge on any atom is -0.489 e. The molecule has 0 radical (unpaired) electrons. The van der Waals surface area contributed by atoms with Crippen molar-refractivity contribution < 1.29 is 27.1 Å². The van der Waals surface area contributed by atoms with Crippen LogP contribution in [-0.2, 0) is 14.8 Å². The van der Waals surface area contributed by atoms with Gasteiger partial charge in [0.2, 0.25) is 10.0 Å². The standard InChI is InChI=1S/C25H32FNO5S/c1-31-25-11-15-7-17(12-25)24(18(8-15)13-25)32-23-10-21(26)20(9-19(23)16-3-4-16)22(28)14-33(29,30)27-5-2-6-27/h9-10,15-18,24H,2-8,11-14H2,1H3. The fourth-order valence-electron chi connectivity index (χ4n) is 6.99. The zero-order valence-corrected chi connectivity index (χ0v) is 19.9. The maximum atomic E-state index is 15.1. The van der Waals surface area contributed by atoms with Crippen molar-refractivity contribution in [3.05, 3.63) is 29.1 Å². The van der Waals surface area contributed by atoms with Gasteiger partial charge in [0, 0.05) is 26.3 Å². The number of ether oxygens (including phenoxy) is 2. The van der Waals surface area contributed by atoms with E-state index in [1.54, 1.807) is 6.07 Å². The van der Waals surface area contributed by atoms with E-state index in [0.29, 0.717) is 36.6 Å². The average molecular weight is 478 g/mol. The summed E-state index contributed by atoms with van der Waals surface area (Å²) in [5.41, 5.74) is 0.715. The van der Waals surface area contributed by atoms with E-state index in [1.807, 2.05) is 7.11 Å². The van der Waals surface area contributed by atoms with Crippen LogP contribution in [0.4, 0.5) is 4.39 Å². The van der Waals surface area contributed by atoms with Crippen molar-refractivity contribution in [3.63, 3.8) is 0 Å². The Hall–Kier alpha value is -1.51. The number of carbonyl (C=O) groups excluding carboxylic acids is 1. The Kier molecular flexibility index (Phi) is 5.16. The lowest BCUT2D eigenvalue weighted by molar-refractivity contribution is -0.182. The summed E-state index contributed by atoms with van der Waals surface area (Å²) in [7, 11) is -1.86. The van der Waals surface area contributed by atoms with Gasteiger partial charge in [-0.25, -0.2) is 17.1 Å². The first-order valence-corrected chi connectivity index (χ1v) is 13.9. The lowest BCUT2D eigenvalue weighted by atomic mass is 9.53. The molecule has 0 amide bonds. The van der Waals surface area contributed by atoms with Crippen molar-refractivity contribution in [3.8, 4) is 5.75 Å². The molecule has 0 N–H and O–H groups in total. The number of carbonyl (C=O) groups is 1. The van der Waals surface area contributed by atoms with Crippen molar-refractivity contribution in [2.24, 2.45) is 17.8 Å². The maximum Gasteiger partial charge on any atom is 0.221 e. The zero-order chi connectivity index (χ0) is 23.0. The summed E-state index contributed by atoms with van der Waals surface area (Å²) in [5, 5.41) is 0. The van der Waals surface area contributed by atoms with Crippen LogP contribution in [0.15, 0.2) is 12.1 Å². The summed E-state index contributed by atoms with van der Waals surface area (Å²) in [5.74, 6) is 0.266. The summed E-state index contributed by atoms with van der Waals surface area (Å²) < 4.78 is 53.8. The first kappa shape index (κ1) is 22.0. The van der Waals surface area contributed by atoms with E-state index in [2.05, 4.69) is 0 Å². The van der Waals surface area contributed by atoms with Gasteiger partial charge in [0.25, 0.3) is 0 Å². The summed E-state index contributed by atoms with van der Waals surface area (Å²) >= 11 is 0. The van der Waals surface area contributed by atoms with E-state index in [9.17, 15) is 13.2 Å². The minimum atomic E-state index is -3.68. The molecule has 8 heteroatoms. The lowest BCUT2D eigenvalue weighted by Gasteiger charge is -2.58. The highest BCUT2D eigenvalue weighted by atomic mass is 32.2. The SMILES string of the molecule is COC12CC3CC(C1)C(Oc1cc(F)c(C(=O)CS(=O)(=O)N4CCC4)cc1C1CC1)C(C3)C2. The molecular weight excluding hydrogens is 445 g/mol. The van der Waals surface area contributed by atoms with Gasteiger partial charge in [-0.2, -0.15) is 0 Å². The number of halogens is 1. The normalized spacial score (nSPS) is 35.5. The summed E-state index contributed by atoms with van der Waals surface area (Å²) in [6.07, 6.45) is 8.21. The van der Waals surface area contributed by atoms with Crippen LogP contribution in [-0.4, -0.2) is 56.2 Å². The van der Waals surface area contributed by atoms with Crippen LogP contribution in [0, 0.1) is 23.6 Å². The third-order valence-electron chi connectivity index (χ3n) is 8.77. The van der Waals surface area contributed by atoms with Crippen molar-refractivity contribution in [1.29, 1.82) is 0 Å². The summed E-state index contributed by atoms with van der Waals surface area (Å²) in [6.45, 7) is 0.875. The molecule has 1 aliphatic heterocycles. The van der Waals surface area contributed by atoms with E-state index < -0.39 is 27.4 Å². The van der Waals surface area contributed by atoms with E-state index in [4.69, 9.17) is 9.47 Å². The van der Waals surface area contributed by atoms with Gasteiger partial charge in [0.1, 0.15) is 23.4 Å². The number of nitrogens with zero attached hydrogens (tertiary/aromatic N) is 1. The molecule has 5 aliphatic carbocycles. The van der Waals surface area contributed by atoms with Crippen molar-refractivity contribution in [2.45, 2.75) is 69.0 Å². The zero-order valence-electron chi connectivity index (χ0n) is 19.1. The fraction of sp³-hybridized carbons (Fsp3) is 0.720. The number of benzene rings is 1. The molecule has 6 nitrogen and oxygen atoms in total.